The second-order valence-corrected chi connectivity index (χ2v) is 6.63. The molecule has 0 aliphatic carbocycles. The van der Waals surface area contributed by atoms with Gasteiger partial charge in [-0.05, 0) is 23.6 Å². The molecule has 0 aliphatic heterocycles. The summed E-state index contributed by atoms with van der Waals surface area (Å²) >= 11 is 9.35. The molecule has 0 saturated heterocycles. The standard InChI is InChI=1S/C12H11ClN4S2/c13-10-4-3-9(19-10)12(8-2-1-5-18-8)14-6-11-15-7-16-17-11/h1-5,7,12,14H,6H2,(H,15,16,17). The first-order valence-electron chi connectivity index (χ1n) is 5.69. The monoisotopic (exact) mass is 310 g/mol. The number of aromatic amines is 1. The third-order valence-corrected chi connectivity index (χ3v) is 4.88. The molecule has 7 heteroatoms. The number of hydrogen-bond donors (Lipinski definition) is 2. The fourth-order valence-electron chi connectivity index (χ4n) is 1.80. The van der Waals surface area contributed by atoms with Crippen LogP contribution in [0, 0.1) is 0 Å². The number of aromatic nitrogens is 3. The highest BCUT2D eigenvalue weighted by molar-refractivity contribution is 7.16. The quantitative estimate of drug-likeness (QED) is 0.759. The van der Waals surface area contributed by atoms with Gasteiger partial charge in [0, 0.05) is 9.75 Å². The van der Waals surface area contributed by atoms with Crippen LogP contribution in [0.25, 0.3) is 0 Å². The molecule has 0 radical (unpaired) electrons. The van der Waals surface area contributed by atoms with Gasteiger partial charge in [-0.2, -0.15) is 5.10 Å². The van der Waals surface area contributed by atoms with Crippen molar-refractivity contribution in [3.63, 3.8) is 0 Å². The van der Waals surface area contributed by atoms with Gasteiger partial charge in [0.15, 0.2) is 0 Å². The van der Waals surface area contributed by atoms with Crippen LogP contribution in [-0.4, -0.2) is 15.2 Å². The zero-order valence-electron chi connectivity index (χ0n) is 9.84. The van der Waals surface area contributed by atoms with Crippen molar-refractivity contribution in [3.8, 4) is 0 Å². The van der Waals surface area contributed by atoms with E-state index in [1.165, 1.54) is 16.1 Å². The minimum atomic E-state index is 0.141. The van der Waals surface area contributed by atoms with E-state index in [9.17, 15) is 0 Å². The van der Waals surface area contributed by atoms with Crippen molar-refractivity contribution in [1.82, 2.24) is 20.5 Å². The molecule has 0 aliphatic rings. The molecule has 4 nitrogen and oxygen atoms in total. The van der Waals surface area contributed by atoms with Crippen LogP contribution >= 0.6 is 34.3 Å². The van der Waals surface area contributed by atoms with Crippen molar-refractivity contribution in [2.24, 2.45) is 0 Å². The largest absolute Gasteiger partial charge is 0.298 e. The van der Waals surface area contributed by atoms with Crippen LogP contribution < -0.4 is 5.32 Å². The van der Waals surface area contributed by atoms with E-state index in [1.807, 2.05) is 6.07 Å². The third kappa shape index (κ3) is 3.03. The topological polar surface area (TPSA) is 53.6 Å². The number of thiophene rings is 2. The molecule has 1 unspecified atom stereocenters. The van der Waals surface area contributed by atoms with E-state index in [1.54, 1.807) is 22.7 Å². The maximum Gasteiger partial charge on any atom is 0.138 e. The molecule has 3 rings (SSSR count). The molecule has 0 saturated carbocycles. The summed E-state index contributed by atoms with van der Waals surface area (Å²) in [6.45, 7) is 0.637. The Morgan fingerprint density at radius 3 is 2.89 bits per heavy atom. The zero-order valence-corrected chi connectivity index (χ0v) is 12.2. The van der Waals surface area contributed by atoms with Gasteiger partial charge >= 0.3 is 0 Å². The normalized spacial score (nSPS) is 12.7. The molecule has 19 heavy (non-hydrogen) atoms. The molecule has 0 amide bonds. The van der Waals surface area contributed by atoms with E-state index in [2.05, 4.69) is 44.1 Å². The lowest BCUT2D eigenvalue weighted by molar-refractivity contribution is 0.602. The first-order chi connectivity index (χ1) is 9.33. The van der Waals surface area contributed by atoms with Crippen molar-refractivity contribution in [2.75, 3.05) is 0 Å². The first-order valence-corrected chi connectivity index (χ1v) is 7.76. The Bertz CT molecular complexity index is 618. The molecule has 0 aromatic carbocycles. The molecule has 0 spiro atoms. The average molecular weight is 311 g/mol. The van der Waals surface area contributed by atoms with E-state index < -0.39 is 0 Å². The van der Waals surface area contributed by atoms with E-state index in [-0.39, 0.29) is 6.04 Å². The van der Waals surface area contributed by atoms with Crippen LogP contribution in [0.15, 0.2) is 36.0 Å². The summed E-state index contributed by atoms with van der Waals surface area (Å²) in [5.41, 5.74) is 0. The van der Waals surface area contributed by atoms with Crippen molar-refractivity contribution < 1.29 is 0 Å². The van der Waals surface area contributed by atoms with E-state index in [0.29, 0.717) is 6.54 Å². The molecule has 0 bridgehead atoms. The zero-order chi connectivity index (χ0) is 13.1. The Balaban J connectivity index is 1.80. The summed E-state index contributed by atoms with van der Waals surface area (Å²) in [4.78, 5) is 6.58. The molecule has 0 fully saturated rings. The predicted molar refractivity (Wildman–Crippen MR) is 78.7 cm³/mol. The lowest BCUT2D eigenvalue weighted by Crippen LogP contribution is -2.21. The number of hydrogen-bond acceptors (Lipinski definition) is 5. The average Bonchev–Trinajstić information content (AvgIpc) is 3.11. The highest BCUT2D eigenvalue weighted by atomic mass is 35.5. The second-order valence-electron chi connectivity index (χ2n) is 3.90. The van der Waals surface area contributed by atoms with Crippen molar-refractivity contribution >= 4 is 34.3 Å². The SMILES string of the molecule is Clc1ccc(C(NCc2ncn[nH]2)c2cccs2)s1. The Kier molecular flexibility index (Phi) is 3.93. The van der Waals surface area contributed by atoms with Gasteiger partial charge in [0.2, 0.25) is 0 Å². The minimum Gasteiger partial charge on any atom is -0.298 e. The van der Waals surface area contributed by atoms with Crippen molar-refractivity contribution in [1.29, 1.82) is 0 Å². The molecular formula is C12H11ClN4S2. The van der Waals surface area contributed by atoms with Gasteiger partial charge in [0.25, 0.3) is 0 Å². The van der Waals surface area contributed by atoms with Crippen LogP contribution in [0.2, 0.25) is 4.34 Å². The molecule has 3 aromatic rings. The Morgan fingerprint density at radius 2 is 2.26 bits per heavy atom. The van der Waals surface area contributed by atoms with E-state index in [4.69, 9.17) is 11.6 Å². The van der Waals surface area contributed by atoms with Gasteiger partial charge in [-0.3, -0.25) is 10.4 Å². The smallest absolute Gasteiger partial charge is 0.138 e. The fraction of sp³-hybridized carbons (Fsp3) is 0.167. The summed E-state index contributed by atoms with van der Waals surface area (Å²) in [6.07, 6.45) is 1.51. The fourth-order valence-corrected chi connectivity index (χ4v) is 3.84. The molecule has 3 heterocycles. The van der Waals surface area contributed by atoms with Crippen LogP contribution in [0.5, 0.6) is 0 Å². The van der Waals surface area contributed by atoms with Gasteiger partial charge in [-0.25, -0.2) is 4.98 Å². The third-order valence-electron chi connectivity index (χ3n) is 2.64. The van der Waals surface area contributed by atoms with Crippen molar-refractivity contribution in [3.05, 3.63) is 55.9 Å². The van der Waals surface area contributed by atoms with Crippen LogP contribution in [0.4, 0.5) is 0 Å². The Hall–Kier alpha value is -1.21. The van der Waals surface area contributed by atoms with E-state index in [0.717, 1.165) is 10.2 Å². The lowest BCUT2D eigenvalue weighted by Gasteiger charge is -2.15. The summed E-state index contributed by atoms with van der Waals surface area (Å²) < 4.78 is 0.804. The Morgan fingerprint density at radius 1 is 1.32 bits per heavy atom. The summed E-state index contributed by atoms with van der Waals surface area (Å²) in [7, 11) is 0. The maximum atomic E-state index is 6.03. The highest BCUT2D eigenvalue weighted by Crippen LogP contribution is 2.33. The molecular weight excluding hydrogens is 300 g/mol. The number of nitrogens with zero attached hydrogens (tertiary/aromatic N) is 2. The molecule has 1 atom stereocenters. The van der Waals surface area contributed by atoms with Gasteiger partial charge < -0.3 is 0 Å². The number of rotatable bonds is 5. The number of halogens is 1. The second kappa shape index (κ2) is 5.83. The lowest BCUT2D eigenvalue weighted by atomic mass is 10.2. The molecule has 2 N–H and O–H groups in total. The minimum absolute atomic E-state index is 0.141. The summed E-state index contributed by atoms with van der Waals surface area (Å²) in [5.74, 6) is 0.823. The summed E-state index contributed by atoms with van der Waals surface area (Å²) in [5, 5.41) is 12.3. The van der Waals surface area contributed by atoms with Gasteiger partial charge in [-0.1, -0.05) is 17.7 Å². The summed E-state index contributed by atoms with van der Waals surface area (Å²) in [6, 6.07) is 8.31. The Labute approximate surface area is 123 Å². The van der Waals surface area contributed by atoms with Crippen LogP contribution in [0.3, 0.4) is 0 Å². The van der Waals surface area contributed by atoms with E-state index >= 15 is 0 Å². The highest BCUT2D eigenvalue weighted by Gasteiger charge is 2.17. The predicted octanol–water partition coefficient (Wildman–Crippen LogP) is 3.46. The van der Waals surface area contributed by atoms with Gasteiger partial charge in [0.1, 0.15) is 12.2 Å². The first kappa shape index (κ1) is 12.8. The van der Waals surface area contributed by atoms with Gasteiger partial charge in [0.05, 0.1) is 16.9 Å². The number of nitrogens with one attached hydrogen (secondary N) is 2. The van der Waals surface area contributed by atoms with Crippen LogP contribution in [0.1, 0.15) is 21.6 Å². The number of H-pyrrole nitrogens is 1. The van der Waals surface area contributed by atoms with Gasteiger partial charge in [-0.15, -0.1) is 22.7 Å². The molecule has 3 aromatic heterocycles. The van der Waals surface area contributed by atoms with Crippen LogP contribution in [-0.2, 0) is 6.54 Å². The molecule has 98 valence electrons. The maximum absolute atomic E-state index is 6.03. The van der Waals surface area contributed by atoms with Crippen molar-refractivity contribution in [2.45, 2.75) is 12.6 Å².